The van der Waals surface area contributed by atoms with Crippen LogP contribution in [-0.2, 0) is 4.79 Å². The SMILES string of the molecule is O=C1C=CSC[C@@]12C[C@H]2c1ccc([N+](=O)[O-])cc1. The van der Waals surface area contributed by atoms with E-state index in [-0.39, 0.29) is 22.8 Å². The van der Waals surface area contributed by atoms with Crippen molar-refractivity contribution >= 4 is 23.2 Å². The van der Waals surface area contributed by atoms with Gasteiger partial charge < -0.3 is 0 Å². The molecule has 1 heterocycles. The van der Waals surface area contributed by atoms with Crippen LogP contribution in [0.25, 0.3) is 0 Å². The van der Waals surface area contributed by atoms with E-state index in [1.54, 1.807) is 30.0 Å². The molecule has 2 aliphatic rings. The second-order valence-electron chi connectivity index (χ2n) is 4.74. The summed E-state index contributed by atoms with van der Waals surface area (Å²) in [6, 6.07) is 6.57. The number of thioether (sulfide) groups is 1. The van der Waals surface area contributed by atoms with E-state index >= 15 is 0 Å². The molecule has 0 aromatic heterocycles. The predicted octanol–water partition coefficient (Wildman–Crippen LogP) is 2.90. The molecule has 1 spiro atoms. The minimum atomic E-state index is -0.406. The Balaban J connectivity index is 1.84. The Morgan fingerprint density at radius 1 is 1.33 bits per heavy atom. The predicted molar refractivity (Wildman–Crippen MR) is 69.5 cm³/mol. The standard InChI is InChI=1S/C13H11NO3S/c15-12-5-6-18-8-13(12)7-11(13)9-1-3-10(4-2-9)14(16)17/h1-6,11H,7-8H2/t11-,13+/m0/s1. The van der Waals surface area contributed by atoms with Gasteiger partial charge in [0.2, 0.25) is 0 Å². The minimum absolute atomic E-state index is 0.0951. The summed E-state index contributed by atoms with van der Waals surface area (Å²) in [5.74, 6) is 1.25. The van der Waals surface area contributed by atoms with Gasteiger partial charge in [-0.25, -0.2) is 0 Å². The van der Waals surface area contributed by atoms with E-state index in [2.05, 4.69) is 0 Å². The fourth-order valence-electron chi connectivity index (χ4n) is 2.55. The maximum Gasteiger partial charge on any atom is 0.269 e. The summed E-state index contributed by atoms with van der Waals surface area (Å²) >= 11 is 1.66. The minimum Gasteiger partial charge on any atom is -0.294 e. The molecule has 1 aromatic carbocycles. The number of rotatable bonds is 2. The number of benzene rings is 1. The Morgan fingerprint density at radius 2 is 2.06 bits per heavy atom. The quantitative estimate of drug-likeness (QED) is 0.606. The van der Waals surface area contributed by atoms with Gasteiger partial charge in [-0.05, 0) is 29.4 Å². The molecule has 2 atom stereocenters. The molecule has 3 rings (SSSR count). The second-order valence-corrected chi connectivity index (χ2v) is 5.63. The highest BCUT2D eigenvalue weighted by Crippen LogP contribution is 2.62. The van der Waals surface area contributed by atoms with Crippen molar-refractivity contribution in [2.45, 2.75) is 12.3 Å². The highest BCUT2D eigenvalue weighted by molar-refractivity contribution is 8.02. The molecule has 1 aromatic rings. The van der Waals surface area contributed by atoms with Crippen molar-refractivity contribution in [1.82, 2.24) is 0 Å². The summed E-state index contributed by atoms with van der Waals surface area (Å²) in [4.78, 5) is 22.1. The van der Waals surface area contributed by atoms with Crippen LogP contribution in [0.15, 0.2) is 35.7 Å². The largest absolute Gasteiger partial charge is 0.294 e. The zero-order chi connectivity index (χ0) is 12.8. The van der Waals surface area contributed by atoms with E-state index in [0.29, 0.717) is 0 Å². The number of nitro benzene ring substituents is 1. The van der Waals surface area contributed by atoms with Gasteiger partial charge in [-0.15, -0.1) is 11.8 Å². The highest BCUT2D eigenvalue weighted by Gasteiger charge is 2.59. The molecule has 0 N–H and O–H groups in total. The Morgan fingerprint density at radius 3 is 2.67 bits per heavy atom. The van der Waals surface area contributed by atoms with Crippen LogP contribution >= 0.6 is 11.8 Å². The number of ketones is 1. The Labute approximate surface area is 108 Å². The van der Waals surface area contributed by atoms with Gasteiger partial charge in [-0.3, -0.25) is 14.9 Å². The molecule has 5 heteroatoms. The summed E-state index contributed by atoms with van der Waals surface area (Å²) in [6.45, 7) is 0. The number of allylic oxidation sites excluding steroid dienone is 1. The number of carbonyl (C=O) groups is 1. The molecule has 4 nitrogen and oxygen atoms in total. The number of carbonyl (C=O) groups excluding carboxylic acids is 1. The highest BCUT2D eigenvalue weighted by atomic mass is 32.2. The molecule has 0 bridgehead atoms. The Bertz CT molecular complexity index is 552. The van der Waals surface area contributed by atoms with Gasteiger partial charge in [0, 0.05) is 23.3 Å². The first kappa shape index (κ1) is 11.5. The fraction of sp³-hybridized carbons (Fsp3) is 0.308. The van der Waals surface area contributed by atoms with Gasteiger partial charge in [-0.1, -0.05) is 12.1 Å². The van der Waals surface area contributed by atoms with Crippen molar-refractivity contribution in [1.29, 1.82) is 0 Å². The third-order valence-electron chi connectivity index (χ3n) is 3.73. The lowest BCUT2D eigenvalue weighted by Crippen LogP contribution is -2.20. The molecular formula is C13H11NO3S. The Kier molecular flexibility index (Phi) is 2.52. The lowest BCUT2D eigenvalue weighted by molar-refractivity contribution is -0.384. The van der Waals surface area contributed by atoms with Gasteiger partial charge in [0.1, 0.15) is 0 Å². The van der Waals surface area contributed by atoms with Crippen LogP contribution in [0.4, 0.5) is 5.69 Å². The van der Waals surface area contributed by atoms with E-state index in [1.807, 2.05) is 5.41 Å². The van der Waals surface area contributed by atoms with E-state index in [1.165, 1.54) is 12.1 Å². The second kappa shape index (κ2) is 3.95. The maximum atomic E-state index is 11.9. The van der Waals surface area contributed by atoms with E-state index in [9.17, 15) is 14.9 Å². The third kappa shape index (κ3) is 1.66. The van der Waals surface area contributed by atoms with Crippen LogP contribution in [0, 0.1) is 15.5 Å². The van der Waals surface area contributed by atoms with Gasteiger partial charge >= 0.3 is 0 Å². The summed E-state index contributed by atoms with van der Waals surface area (Å²) in [7, 11) is 0. The van der Waals surface area contributed by atoms with E-state index < -0.39 is 4.92 Å². The molecule has 92 valence electrons. The molecule has 18 heavy (non-hydrogen) atoms. The van der Waals surface area contributed by atoms with Crippen LogP contribution in [0.2, 0.25) is 0 Å². The lowest BCUT2D eigenvalue weighted by atomic mass is 9.96. The molecular weight excluding hydrogens is 250 g/mol. The number of hydrogen-bond donors (Lipinski definition) is 0. The number of nitrogens with zero attached hydrogens (tertiary/aromatic N) is 1. The van der Waals surface area contributed by atoms with E-state index in [0.717, 1.165) is 17.7 Å². The van der Waals surface area contributed by atoms with Crippen molar-refractivity contribution < 1.29 is 9.72 Å². The molecule has 1 aliphatic heterocycles. The van der Waals surface area contributed by atoms with Crippen molar-refractivity contribution in [3.05, 3.63) is 51.4 Å². The summed E-state index contributed by atoms with van der Waals surface area (Å²) in [5, 5.41) is 12.4. The molecule has 0 unspecified atom stereocenters. The van der Waals surface area contributed by atoms with Crippen LogP contribution in [0.3, 0.4) is 0 Å². The zero-order valence-corrected chi connectivity index (χ0v) is 10.4. The van der Waals surface area contributed by atoms with Crippen LogP contribution in [-0.4, -0.2) is 16.5 Å². The number of nitro groups is 1. The first-order valence-electron chi connectivity index (χ1n) is 5.70. The molecule has 0 amide bonds. The lowest BCUT2D eigenvalue weighted by Gasteiger charge is -2.16. The van der Waals surface area contributed by atoms with Crippen LogP contribution in [0.5, 0.6) is 0 Å². The van der Waals surface area contributed by atoms with Gasteiger partial charge in [0.25, 0.3) is 5.69 Å². The molecule has 0 radical (unpaired) electrons. The maximum absolute atomic E-state index is 11.9. The molecule has 0 saturated heterocycles. The first-order valence-corrected chi connectivity index (χ1v) is 6.75. The molecule has 1 fully saturated rings. The van der Waals surface area contributed by atoms with Crippen LogP contribution < -0.4 is 0 Å². The van der Waals surface area contributed by atoms with Crippen molar-refractivity contribution in [2.75, 3.05) is 5.75 Å². The molecule has 1 saturated carbocycles. The first-order chi connectivity index (χ1) is 8.63. The normalized spacial score (nSPS) is 29.6. The third-order valence-corrected chi connectivity index (χ3v) is 4.74. The van der Waals surface area contributed by atoms with Crippen molar-refractivity contribution in [3.63, 3.8) is 0 Å². The van der Waals surface area contributed by atoms with E-state index in [4.69, 9.17) is 0 Å². The summed E-state index contributed by atoms with van der Waals surface area (Å²) < 4.78 is 0. The Hall–Kier alpha value is -1.62. The molecule has 1 aliphatic carbocycles. The van der Waals surface area contributed by atoms with Crippen LogP contribution in [0.1, 0.15) is 17.9 Å². The zero-order valence-electron chi connectivity index (χ0n) is 9.54. The van der Waals surface area contributed by atoms with Crippen molar-refractivity contribution in [2.24, 2.45) is 5.41 Å². The average Bonchev–Trinajstić information content (AvgIpc) is 3.09. The van der Waals surface area contributed by atoms with Gasteiger partial charge in [0.05, 0.1) is 4.92 Å². The number of hydrogen-bond acceptors (Lipinski definition) is 4. The smallest absolute Gasteiger partial charge is 0.269 e. The number of non-ortho nitro benzene ring substituents is 1. The monoisotopic (exact) mass is 261 g/mol. The average molecular weight is 261 g/mol. The van der Waals surface area contributed by atoms with Crippen molar-refractivity contribution in [3.8, 4) is 0 Å². The fourth-order valence-corrected chi connectivity index (χ4v) is 3.62. The summed E-state index contributed by atoms with van der Waals surface area (Å²) in [5.41, 5.74) is 0.887. The van der Waals surface area contributed by atoms with Gasteiger partial charge in [-0.2, -0.15) is 0 Å². The summed E-state index contributed by atoms with van der Waals surface area (Å²) in [6.07, 6.45) is 2.51. The van der Waals surface area contributed by atoms with Gasteiger partial charge in [0.15, 0.2) is 5.78 Å². The topological polar surface area (TPSA) is 60.2 Å².